The number of piperazine rings is 1. The lowest BCUT2D eigenvalue weighted by molar-refractivity contribution is -0.199. The standard InChI is InChI=1S/C12H18N2O/c1-11(12-5-3-2-4-6-12)15-14-9-7-13-8-10-14/h2-6,11,13H,7-10H2,1H3. The summed E-state index contributed by atoms with van der Waals surface area (Å²) in [6, 6.07) is 10.3. The first-order valence-electron chi connectivity index (χ1n) is 5.53. The molecule has 0 saturated carbocycles. The number of rotatable bonds is 3. The van der Waals surface area contributed by atoms with Crippen molar-refractivity contribution in [1.29, 1.82) is 0 Å². The van der Waals surface area contributed by atoms with Gasteiger partial charge in [0.15, 0.2) is 0 Å². The van der Waals surface area contributed by atoms with E-state index in [9.17, 15) is 0 Å². The molecule has 1 fully saturated rings. The molecule has 3 nitrogen and oxygen atoms in total. The maximum Gasteiger partial charge on any atom is 0.101 e. The van der Waals surface area contributed by atoms with Gasteiger partial charge >= 0.3 is 0 Å². The molecule has 1 aromatic rings. The second-order valence-electron chi connectivity index (χ2n) is 3.84. The molecule has 1 aromatic carbocycles. The van der Waals surface area contributed by atoms with E-state index in [0.717, 1.165) is 26.2 Å². The molecular weight excluding hydrogens is 188 g/mol. The molecule has 0 spiro atoms. The molecule has 0 aromatic heterocycles. The normalized spacial score (nSPS) is 20.1. The Bertz CT molecular complexity index is 283. The molecule has 0 amide bonds. The first-order chi connectivity index (χ1) is 7.36. The Morgan fingerprint density at radius 1 is 1.20 bits per heavy atom. The summed E-state index contributed by atoms with van der Waals surface area (Å²) in [5.74, 6) is 0. The number of hydrogen-bond donors (Lipinski definition) is 1. The van der Waals surface area contributed by atoms with Gasteiger partial charge in [0.2, 0.25) is 0 Å². The van der Waals surface area contributed by atoms with Crippen LogP contribution in [-0.4, -0.2) is 31.2 Å². The van der Waals surface area contributed by atoms with Gasteiger partial charge in [0.1, 0.15) is 6.10 Å². The van der Waals surface area contributed by atoms with Crippen LogP contribution < -0.4 is 5.32 Å². The first-order valence-corrected chi connectivity index (χ1v) is 5.53. The highest BCUT2D eigenvalue weighted by Crippen LogP contribution is 2.17. The van der Waals surface area contributed by atoms with Crippen molar-refractivity contribution in [3.8, 4) is 0 Å². The molecule has 1 unspecified atom stereocenters. The van der Waals surface area contributed by atoms with Crippen LogP contribution in [0, 0.1) is 0 Å². The molecule has 1 atom stereocenters. The minimum absolute atomic E-state index is 0.143. The zero-order valence-corrected chi connectivity index (χ0v) is 9.15. The fourth-order valence-corrected chi connectivity index (χ4v) is 1.76. The summed E-state index contributed by atoms with van der Waals surface area (Å²) in [5, 5.41) is 5.36. The number of hydroxylamine groups is 2. The van der Waals surface area contributed by atoms with Crippen LogP contribution in [0.4, 0.5) is 0 Å². The van der Waals surface area contributed by atoms with E-state index in [1.54, 1.807) is 0 Å². The zero-order chi connectivity index (χ0) is 10.5. The molecular formula is C12H18N2O. The third kappa shape index (κ3) is 3.02. The molecule has 0 radical (unpaired) electrons. The Kier molecular flexibility index (Phi) is 3.72. The van der Waals surface area contributed by atoms with Crippen molar-refractivity contribution in [3.05, 3.63) is 35.9 Å². The van der Waals surface area contributed by atoms with Crippen LogP contribution in [0.1, 0.15) is 18.6 Å². The highest BCUT2D eigenvalue weighted by Gasteiger charge is 2.14. The van der Waals surface area contributed by atoms with Crippen LogP contribution >= 0.6 is 0 Å². The monoisotopic (exact) mass is 206 g/mol. The van der Waals surface area contributed by atoms with Gasteiger partial charge in [-0.3, -0.25) is 4.84 Å². The molecule has 3 heteroatoms. The van der Waals surface area contributed by atoms with Crippen LogP contribution in [0.5, 0.6) is 0 Å². The fourth-order valence-electron chi connectivity index (χ4n) is 1.76. The number of nitrogens with zero attached hydrogens (tertiary/aromatic N) is 1. The van der Waals surface area contributed by atoms with Crippen LogP contribution in [0.15, 0.2) is 30.3 Å². The van der Waals surface area contributed by atoms with Gasteiger partial charge in [0.05, 0.1) is 0 Å². The smallest absolute Gasteiger partial charge is 0.101 e. The molecule has 1 N–H and O–H groups in total. The lowest BCUT2D eigenvalue weighted by Gasteiger charge is -2.29. The fraction of sp³-hybridized carbons (Fsp3) is 0.500. The van der Waals surface area contributed by atoms with Crippen molar-refractivity contribution in [2.45, 2.75) is 13.0 Å². The van der Waals surface area contributed by atoms with Gasteiger partial charge in [-0.2, -0.15) is 5.06 Å². The van der Waals surface area contributed by atoms with E-state index in [2.05, 4.69) is 24.4 Å². The van der Waals surface area contributed by atoms with E-state index in [4.69, 9.17) is 4.84 Å². The maximum absolute atomic E-state index is 5.87. The minimum atomic E-state index is 0.143. The molecule has 1 aliphatic rings. The summed E-state index contributed by atoms with van der Waals surface area (Å²) in [4.78, 5) is 5.87. The molecule has 2 rings (SSSR count). The molecule has 15 heavy (non-hydrogen) atoms. The summed E-state index contributed by atoms with van der Waals surface area (Å²) in [6.07, 6.45) is 0.143. The number of hydrogen-bond acceptors (Lipinski definition) is 3. The van der Waals surface area contributed by atoms with Crippen molar-refractivity contribution in [3.63, 3.8) is 0 Å². The minimum Gasteiger partial charge on any atom is -0.314 e. The molecule has 82 valence electrons. The van der Waals surface area contributed by atoms with Crippen molar-refractivity contribution in [2.24, 2.45) is 0 Å². The summed E-state index contributed by atoms with van der Waals surface area (Å²) < 4.78 is 0. The Hall–Kier alpha value is -0.900. The van der Waals surface area contributed by atoms with Crippen molar-refractivity contribution in [1.82, 2.24) is 10.4 Å². The summed E-state index contributed by atoms with van der Waals surface area (Å²) in [5.41, 5.74) is 1.23. The van der Waals surface area contributed by atoms with Crippen LogP contribution in [-0.2, 0) is 4.84 Å². The van der Waals surface area contributed by atoms with Gasteiger partial charge in [-0.1, -0.05) is 30.3 Å². The van der Waals surface area contributed by atoms with Crippen molar-refractivity contribution >= 4 is 0 Å². The predicted octanol–water partition coefficient (Wildman–Crippen LogP) is 1.58. The van der Waals surface area contributed by atoms with Crippen LogP contribution in [0.2, 0.25) is 0 Å². The van der Waals surface area contributed by atoms with Crippen molar-refractivity contribution < 1.29 is 4.84 Å². The molecule has 1 aliphatic heterocycles. The van der Waals surface area contributed by atoms with E-state index in [0.29, 0.717) is 0 Å². The lowest BCUT2D eigenvalue weighted by atomic mass is 10.1. The van der Waals surface area contributed by atoms with E-state index >= 15 is 0 Å². The lowest BCUT2D eigenvalue weighted by Crippen LogP contribution is -2.43. The van der Waals surface area contributed by atoms with Gasteiger partial charge in [-0.05, 0) is 12.5 Å². The average molecular weight is 206 g/mol. The summed E-state index contributed by atoms with van der Waals surface area (Å²) in [7, 11) is 0. The predicted molar refractivity (Wildman–Crippen MR) is 60.4 cm³/mol. The van der Waals surface area contributed by atoms with Crippen LogP contribution in [0.3, 0.4) is 0 Å². The highest BCUT2D eigenvalue weighted by atomic mass is 16.7. The largest absolute Gasteiger partial charge is 0.314 e. The zero-order valence-electron chi connectivity index (χ0n) is 9.15. The molecule has 1 saturated heterocycles. The van der Waals surface area contributed by atoms with E-state index in [-0.39, 0.29) is 6.10 Å². The first kappa shape index (κ1) is 10.6. The van der Waals surface area contributed by atoms with Gasteiger partial charge in [0.25, 0.3) is 0 Å². The third-order valence-corrected chi connectivity index (χ3v) is 2.65. The highest BCUT2D eigenvalue weighted by molar-refractivity contribution is 5.16. The Morgan fingerprint density at radius 3 is 2.53 bits per heavy atom. The number of benzene rings is 1. The SMILES string of the molecule is CC(ON1CCNCC1)c1ccccc1. The van der Waals surface area contributed by atoms with Crippen molar-refractivity contribution in [2.75, 3.05) is 26.2 Å². The van der Waals surface area contributed by atoms with E-state index < -0.39 is 0 Å². The molecule has 1 heterocycles. The van der Waals surface area contributed by atoms with Gasteiger partial charge < -0.3 is 5.32 Å². The average Bonchev–Trinajstić information content (AvgIpc) is 2.31. The maximum atomic E-state index is 5.87. The Labute approximate surface area is 91.0 Å². The second-order valence-corrected chi connectivity index (χ2v) is 3.84. The number of nitrogens with one attached hydrogen (secondary N) is 1. The van der Waals surface area contributed by atoms with Gasteiger partial charge in [0, 0.05) is 26.2 Å². The quantitative estimate of drug-likeness (QED) is 0.812. The Balaban J connectivity index is 1.88. The Morgan fingerprint density at radius 2 is 1.87 bits per heavy atom. The van der Waals surface area contributed by atoms with Gasteiger partial charge in [-0.15, -0.1) is 0 Å². The second kappa shape index (κ2) is 5.26. The summed E-state index contributed by atoms with van der Waals surface area (Å²) >= 11 is 0. The van der Waals surface area contributed by atoms with E-state index in [1.165, 1.54) is 5.56 Å². The van der Waals surface area contributed by atoms with Gasteiger partial charge in [-0.25, -0.2) is 0 Å². The topological polar surface area (TPSA) is 24.5 Å². The summed E-state index contributed by atoms with van der Waals surface area (Å²) in [6.45, 7) is 6.06. The molecule has 0 aliphatic carbocycles. The van der Waals surface area contributed by atoms with Crippen LogP contribution in [0.25, 0.3) is 0 Å². The molecule has 0 bridgehead atoms. The third-order valence-electron chi connectivity index (χ3n) is 2.65. The van der Waals surface area contributed by atoms with E-state index in [1.807, 2.05) is 23.3 Å².